The van der Waals surface area contributed by atoms with E-state index in [1.807, 2.05) is 30.3 Å². The number of hydrogen-bond acceptors (Lipinski definition) is 8. The van der Waals surface area contributed by atoms with E-state index in [0.29, 0.717) is 12.8 Å². The zero-order valence-corrected chi connectivity index (χ0v) is 15.5. The van der Waals surface area contributed by atoms with Crippen molar-refractivity contribution in [3.63, 3.8) is 0 Å². The lowest BCUT2D eigenvalue weighted by atomic mass is 9.86. The molecule has 27 heavy (non-hydrogen) atoms. The van der Waals surface area contributed by atoms with Crippen molar-refractivity contribution >= 4 is 29.3 Å². The Balaban J connectivity index is 1.78. The number of aliphatic hydroxyl groups is 1. The molecule has 1 aliphatic rings. The molecule has 7 nitrogen and oxygen atoms in total. The van der Waals surface area contributed by atoms with Crippen LogP contribution in [0.1, 0.15) is 41.6 Å². The number of anilines is 1. The van der Waals surface area contributed by atoms with Gasteiger partial charge in [-0.3, -0.25) is 4.79 Å². The van der Waals surface area contributed by atoms with Crippen LogP contribution < -0.4 is 5.73 Å². The van der Waals surface area contributed by atoms with Gasteiger partial charge in [0.25, 0.3) is 0 Å². The van der Waals surface area contributed by atoms with E-state index in [9.17, 15) is 14.7 Å². The Labute approximate surface area is 160 Å². The molecular weight excluding hydrogens is 366 g/mol. The first kappa shape index (κ1) is 18.9. The quantitative estimate of drug-likeness (QED) is 0.595. The zero-order chi connectivity index (χ0) is 19.4. The number of aliphatic hydroxyl groups excluding tert-OH is 1. The highest BCUT2D eigenvalue weighted by Gasteiger charge is 2.30. The molecule has 1 aromatic carbocycles. The van der Waals surface area contributed by atoms with E-state index in [0.717, 1.165) is 17.3 Å². The van der Waals surface area contributed by atoms with Crippen LogP contribution in [0.15, 0.2) is 52.3 Å². The highest BCUT2D eigenvalue weighted by Crippen LogP contribution is 2.39. The molecule has 3 N–H and O–H groups in total. The molecule has 0 spiro atoms. The smallest absolute Gasteiger partial charge is 0.343 e. The number of rotatable bonds is 5. The molecule has 1 unspecified atom stereocenters. The summed E-state index contributed by atoms with van der Waals surface area (Å²) in [6.45, 7) is 1.90. The van der Waals surface area contributed by atoms with Crippen molar-refractivity contribution in [2.24, 2.45) is 0 Å². The number of ketones is 1. The largest absolute Gasteiger partial charge is 0.511 e. The first-order valence-corrected chi connectivity index (χ1v) is 9.29. The molecule has 140 valence electrons. The number of nitrogens with zero attached hydrogens (tertiary/aromatic N) is 2. The van der Waals surface area contributed by atoms with Crippen LogP contribution in [0.5, 0.6) is 0 Å². The lowest BCUT2D eigenvalue weighted by Gasteiger charge is -2.23. The molecule has 1 aliphatic carbocycles. The maximum atomic E-state index is 12.5. The van der Waals surface area contributed by atoms with Gasteiger partial charge in [0.15, 0.2) is 10.9 Å². The van der Waals surface area contributed by atoms with E-state index >= 15 is 0 Å². The fraction of sp³-hybridized carbons (Fsp3) is 0.263. The monoisotopic (exact) mass is 385 g/mol. The molecule has 0 saturated carbocycles. The molecule has 0 saturated heterocycles. The minimum atomic E-state index is -0.604. The van der Waals surface area contributed by atoms with E-state index in [2.05, 4.69) is 9.97 Å². The number of carbonyl (C=O) groups excluding carboxylic acids is 2. The first-order valence-electron chi connectivity index (χ1n) is 8.47. The molecular formula is C19H19N3O4S. The van der Waals surface area contributed by atoms with Gasteiger partial charge in [0.2, 0.25) is 0 Å². The maximum absolute atomic E-state index is 12.5. The Bertz CT molecular complexity index is 899. The Hall–Kier alpha value is -2.87. The molecule has 0 fully saturated rings. The summed E-state index contributed by atoms with van der Waals surface area (Å²) in [5.41, 5.74) is 6.88. The summed E-state index contributed by atoms with van der Waals surface area (Å²) in [5, 5.41) is 10.6. The number of carbonyl (C=O) groups is 2. The molecule has 1 aromatic heterocycles. The van der Waals surface area contributed by atoms with Gasteiger partial charge in [-0.05, 0) is 30.2 Å². The van der Waals surface area contributed by atoms with Crippen molar-refractivity contribution < 1.29 is 19.4 Å². The topological polar surface area (TPSA) is 115 Å². The predicted molar refractivity (Wildman–Crippen MR) is 101 cm³/mol. The molecule has 3 rings (SSSR count). The van der Waals surface area contributed by atoms with Gasteiger partial charge in [0.1, 0.15) is 17.1 Å². The van der Waals surface area contributed by atoms with Gasteiger partial charge < -0.3 is 15.6 Å². The molecule has 0 aliphatic heterocycles. The van der Waals surface area contributed by atoms with Gasteiger partial charge in [-0.15, -0.1) is 0 Å². The number of Topliss-reactive ketones (excluding diaryl/α,β-unsaturated/α-hetero) is 1. The number of benzene rings is 1. The summed E-state index contributed by atoms with van der Waals surface area (Å²) in [5.74, 6) is -0.847. The third-order valence-electron chi connectivity index (χ3n) is 4.14. The normalized spacial score (nSPS) is 17.1. The Kier molecular flexibility index (Phi) is 5.75. The van der Waals surface area contributed by atoms with Crippen LogP contribution in [0.3, 0.4) is 0 Å². The van der Waals surface area contributed by atoms with E-state index in [1.165, 1.54) is 6.20 Å². The molecule has 0 amide bonds. The van der Waals surface area contributed by atoms with Crippen molar-refractivity contribution in [2.75, 3.05) is 12.3 Å². The Morgan fingerprint density at radius 2 is 2.07 bits per heavy atom. The standard InChI is InChI=1S/C19H19N3O4S/c1-2-26-18(25)13-10-21-19(22-17(13)20)27-16-14(23)8-12(9-15(16)24)11-6-4-3-5-7-11/h3-7,10,12,23H,2,8-9H2,1H3,(H2,20,21,22). The van der Waals surface area contributed by atoms with Crippen molar-refractivity contribution in [3.05, 3.63) is 58.3 Å². The van der Waals surface area contributed by atoms with Gasteiger partial charge in [0, 0.05) is 19.0 Å². The third-order valence-corrected chi connectivity index (χ3v) is 5.19. The summed E-state index contributed by atoms with van der Waals surface area (Å²) in [6, 6.07) is 9.62. The molecule has 8 heteroatoms. The number of thioether (sulfide) groups is 1. The lowest BCUT2D eigenvalue weighted by molar-refractivity contribution is -0.115. The van der Waals surface area contributed by atoms with Crippen molar-refractivity contribution in [3.8, 4) is 0 Å². The number of hydrogen-bond donors (Lipinski definition) is 2. The predicted octanol–water partition coefficient (Wildman–Crippen LogP) is 3.24. The van der Waals surface area contributed by atoms with Crippen molar-refractivity contribution in [2.45, 2.75) is 30.8 Å². The highest BCUT2D eigenvalue weighted by atomic mass is 32.2. The number of aromatic nitrogens is 2. The summed E-state index contributed by atoms with van der Waals surface area (Å²) < 4.78 is 4.88. The summed E-state index contributed by atoms with van der Waals surface area (Å²) in [7, 11) is 0. The van der Waals surface area contributed by atoms with Gasteiger partial charge in [-0.25, -0.2) is 14.8 Å². The molecule has 1 atom stereocenters. The van der Waals surface area contributed by atoms with Gasteiger partial charge in [-0.1, -0.05) is 30.3 Å². The number of esters is 1. The number of nitrogen functional groups attached to an aromatic ring is 1. The second-order valence-electron chi connectivity index (χ2n) is 5.99. The van der Waals surface area contributed by atoms with E-state index < -0.39 is 5.97 Å². The molecule has 2 aromatic rings. The van der Waals surface area contributed by atoms with E-state index in [4.69, 9.17) is 10.5 Å². The fourth-order valence-electron chi connectivity index (χ4n) is 2.84. The van der Waals surface area contributed by atoms with Gasteiger partial charge in [0.05, 0.1) is 11.5 Å². The molecule has 0 bridgehead atoms. The highest BCUT2D eigenvalue weighted by molar-refractivity contribution is 8.03. The van der Waals surface area contributed by atoms with E-state index in [-0.39, 0.29) is 45.5 Å². The average molecular weight is 385 g/mol. The third kappa shape index (κ3) is 4.28. The van der Waals surface area contributed by atoms with Crippen LogP contribution in [0, 0.1) is 0 Å². The van der Waals surface area contributed by atoms with Crippen molar-refractivity contribution in [1.82, 2.24) is 9.97 Å². The molecule has 1 heterocycles. The van der Waals surface area contributed by atoms with Crippen molar-refractivity contribution in [1.29, 1.82) is 0 Å². The van der Waals surface area contributed by atoms with Gasteiger partial charge in [-0.2, -0.15) is 0 Å². The van der Waals surface area contributed by atoms with Crippen LogP contribution >= 0.6 is 11.8 Å². The van der Waals surface area contributed by atoms with Crippen LogP contribution in [-0.2, 0) is 9.53 Å². The average Bonchev–Trinajstić information content (AvgIpc) is 2.65. The van der Waals surface area contributed by atoms with Crippen LogP contribution in [-0.4, -0.2) is 33.4 Å². The summed E-state index contributed by atoms with van der Waals surface area (Å²) in [4.78, 5) is 32.6. The van der Waals surface area contributed by atoms with Gasteiger partial charge >= 0.3 is 5.97 Å². The Morgan fingerprint density at radius 1 is 1.33 bits per heavy atom. The van der Waals surface area contributed by atoms with Crippen LogP contribution in [0.4, 0.5) is 5.82 Å². The minimum Gasteiger partial charge on any atom is -0.511 e. The number of allylic oxidation sites excluding steroid dienone is 2. The fourth-order valence-corrected chi connectivity index (χ4v) is 3.67. The SMILES string of the molecule is CCOC(=O)c1cnc(SC2=C(O)CC(c3ccccc3)CC2=O)nc1N. The Morgan fingerprint density at radius 3 is 2.70 bits per heavy atom. The number of ether oxygens (including phenoxy) is 1. The summed E-state index contributed by atoms with van der Waals surface area (Å²) >= 11 is 0.952. The summed E-state index contributed by atoms with van der Waals surface area (Å²) in [6.07, 6.45) is 1.93. The zero-order valence-electron chi connectivity index (χ0n) is 14.7. The second-order valence-corrected chi connectivity index (χ2v) is 6.97. The van der Waals surface area contributed by atoms with Crippen LogP contribution in [0.25, 0.3) is 0 Å². The maximum Gasteiger partial charge on any atom is 0.343 e. The van der Waals surface area contributed by atoms with Crippen LogP contribution in [0.2, 0.25) is 0 Å². The molecule has 0 radical (unpaired) electrons. The lowest BCUT2D eigenvalue weighted by Crippen LogP contribution is -2.17. The number of nitrogens with two attached hydrogens (primary N) is 1. The van der Waals surface area contributed by atoms with E-state index in [1.54, 1.807) is 6.92 Å². The minimum absolute atomic E-state index is 0.0155. The first-order chi connectivity index (χ1) is 13.0. The second kappa shape index (κ2) is 8.22.